The predicted molar refractivity (Wildman–Crippen MR) is 69.6 cm³/mol. The molecule has 0 spiro atoms. The summed E-state index contributed by atoms with van der Waals surface area (Å²) in [5.41, 5.74) is 2.39. The summed E-state index contributed by atoms with van der Waals surface area (Å²) >= 11 is 0. The molecule has 1 rings (SSSR count). The van der Waals surface area contributed by atoms with Crippen LogP contribution in [0.5, 0.6) is 0 Å². The van der Waals surface area contributed by atoms with E-state index >= 15 is 0 Å². The minimum absolute atomic E-state index is 0. The van der Waals surface area contributed by atoms with E-state index in [1.54, 1.807) is 6.26 Å². The Morgan fingerprint density at radius 3 is 2.53 bits per heavy atom. The third-order valence-corrected chi connectivity index (χ3v) is 1.82. The number of hydrogen-bond acceptors (Lipinski definition) is 1. The maximum atomic E-state index is 5.34. The molecule has 0 aromatic heterocycles. The van der Waals surface area contributed by atoms with Crippen LogP contribution in [0.15, 0.2) is 48.0 Å². The van der Waals surface area contributed by atoms with Gasteiger partial charge in [-0.3, -0.25) is 0 Å². The van der Waals surface area contributed by atoms with Gasteiger partial charge in [-0.15, -0.1) is 0 Å². The Balaban J connectivity index is 0. The van der Waals surface area contributed by atoms with E-state index in [4.69, 9.17) is 4.74 Å². The third kappa shape index (κ3) is 5.95. The maximum Gasteiger partial charge on any atom is 0.125 e. The Labute approximate surface area is 94.8 Å². The molecule has 1 aliphatic rings. The van der Waals surface area contributed by atoms with Crippen LogP contribution in [0.25, 0.3) is 0 Å². The third-order valence-electron chi connectivity index (χ3n) is 1.82. The second-order valence-electron chi connectivity index (χ2n) is 2.93. The van der Waals surface area contributed by atoms with Gasteiger partial charge in [0.25, 0.3) is 0 Å². The van der Waals surface area contributed by atoms with E-state index in [-0.39, 0.29) is 7.43 Å². The summed E-state index contributed by atoms with van der Waals surface area (Å²) < 4.78 is 5.34. The van der Waals surface area contributed by atoms with Crippen molar-refractivity contribution in [3.63, 3.8) is 0 Å². The molecule has 0 saturated carbocycles. The van der Waals surface area contributed by atoms with Gasteiger partial charge in [-0.2, -0.15) is 0 Å². The highest BCUT2D eigenvalue weighted by atomic mass is 16.5. The van der Waals surface area contributed by atoms with Crippen molar-refractivity contribution in [1.82, 2.24) is 0 Å². The van der Waals surface area contributed by atoms with Gasteiger partial charge in [0.2, 0.25) is 0 Å². The van der Waals surface area contributed by atoms with E-state index in [0.29, 0.717) is 0 Å². The van der Waals surface area contributed by atoms with Crippen molar-refractivity contribution < 1.29 is 4.74 Å². The highest BCUT2D eigenvalue weighted by Crippen LogP contribution is 2.18. The minimum Gasteiger partial charge on any atom is -0.465 e. The number of rotatable bonds is 2. The quantitative estimate of drug-likeness (QED) is 0.581. The molecule has 0 saturated heterocycles. The lowest BCUT2D eigenvalue weighted by Crippen LogP contribution is -1.93. The summed E-state index contributed by atoms with van der Waals surface area (Å²) in [6.45, 7) is 11.8. The summed E-state index contributed by atoms with van der Waals surface area (Å²) in [6.07, 6.45) is 8.55. The van der Waals surface area contributed by atoms with Gasteiger partial charge in [-0.25, -0.2) is 0 Å². The Morgan fingerprint density at radius 1 is 1.47 bits per heavy atom. The lowest BCUT2D eigenvalue weighted by Gasteiger charge is -2.10. The van der Waals surface area contributed by atoms with Crippen LogP contribution in [0, 0.1) is 0 Å². The van der Waals surface area contributed by atoms with Crippen LogP contribution in [-0.4, -0.2) is 0 Å². The Morgan fingerprint density at radius 2 is 2.07 bits per heavy atom. The van der Waals surface area contributed by atoms with Gasteiger partial charge >= 0.3 is 0 Å². The molecule has 0 atom stereocenters. The Kier molecular flexibility index (Phi) is 10.1. The first kappa shape index (κ1) is 16.2. The van der Waals surface area contributed by atoms with Crippen molar-refractivity contribution >= 4 is 0 Å². The molecule has 0 amide bonds. The molecule has 1 heteroatoms. The number of allylic oxidation sites excluding steroid dienone is 5. The first-order valence-corrected chi connectivity index (χ1v) is 5.06. The fourth-order valence-corrected chi connectivity index (χ4v) is 0.970. The predicted octanol–water partition coefficient (Wildman–Crippen LogP) is 4.99. The lowest BCUT2D eigenvalue weighted by molar-refractivity contribution is 0.352. The van der Waals surface area contributed by atoms with Crippen LogP contribution in [0.1, 0.15) is 41.5 Å². The molecular formula is C14H24O. The van der Waals surface area contributed by atoms with Crippen LogP contribution < -0.4 is 0 Å². The summed E-state index contributed by atoms with van der Waals surface area (Å²) in [6, 6.07) is 0. The molecule has 0 unspecified atom stereocenters. The Hall–Kier alpha value is -1.24. The van der Waals surface area contributed by atoms with Gasteiger partial charge in [-0.1, -0.05) is 33.9 Å². The van der Waals surface area contributed by atoms with Gasteiger partial charge < -0.3 is 4.74 Å². The van der Waals surface area contributed by atoms with Gasteiger partial charge in [0, 0.05) is 0 Å². The normalized spacial score (nSPS) is 14.5. The Bertz CT molecular complexity index is 267. The van der Waals surface area contributed by atoms with Crippen molar-refractivity contribution in [1.29, 1.82) is 0 Å². The molecular weight excluding hydrogens is 184 g/mol. The zero-order chi connectivity index (χ0) is 11.0. The second-order valence-corrected chi connectivity index (χ2v) is 2.93. The maximum absolute atomic E-state index is 5.34. The SMILES string of the molecule is C.C=C/C(C)=C\C1=C(C)CC=CO1.CC. The lowest BCUT2D eigenvalue weighted by atomic mass is 10.1. The second kappa shape index (κ2) is 9.32. The van der Waals surface area contributed by atoms with Crippen LogP contribution in [-0.2, 0) is 4.74 Å². The standard InChI is InChI=1S/C11H14O.C2H6.CH4/c1-4-9(2)8-11-10(3)6-5-7-12-11;1-2;/h4-5,7-8H,1,6H2,2-3H3;1-2H3;1H4/b9-8-;;. The summed E-state index contributed by atoms with van der Waals surface area (Å²) in [5.74, 6) is 0.954. The molecule has 0 radical (unpaired) electrons. The topological polar surface area (TPSA) is 9.23 Å². The fraction of sp³-hybridized carbons (Fsp3) is 0.429. The smallest absolute Gasteiger partial charge is 0.125 e. The molecule has 1 nitrogen and oxygen atoms in total. The van der Waals surface area contributed by atoms with E-state index in [0.717, 1.165) is 17.8 Å². The van der Waals surface area contributed by atoms with E-state index in [2.05, 4.69) is 13.5 Å². The van der Waals surface area contributed by atoms with Gasteiger partial charge in [-0.05, 0) is 43.6 Å². The number of ether oxygens (including phenoxy) is 1. The van der Waals surface area contributed by atoms with Crippen molar-refractivity contribution in [3.8, 4) is 0 Å². The van der Waals surface area contributed by atoms with Gasteiger partial charge in [0.1, 0.15) is 5.76 Å². The van der Waals surface area contributed by atoms with E-state index in [1.165, 1.54) is 5.57 Å². The first-order chi connectivity index (χ1) is 6.74. The van der Waals surface area contributed by atoms with Gasteiger partial charge in [0.15, 0.2) is 0 Å². The fourth-order valence-electron chi connectivity index (χ4n) is 0.970. The zero-order valence-electron chi connectivity index (χ0n) is 9.63. The van der Waals surface area contributed by atoms with E-state index in [9.17, 15) is 0 Å². The molecule has 0 fully saturated rings. The molecule has 0 aromatic rings. The summed E-state index contributed by atoms with van der Waals surface area (Å²) in [7, 11) is 0. The van der Waals surface area contributed by atoms with E-state index < -0.39 is 0 Å². The first-order valence-electron chi connectivity index (χ1n) is 5.06. The molecule has 0 aromatic carbocycles. The average Bonchev–Trinajstić information content (AvgIpc) is 2.24. The van der Waals surface area contributed by atoms with Gasteiger partial charge in [0.05, 0.1) is 6.26 Å². The molecule has 0 bridgehead atoms. The average molecular weight is 208 g/mol. The molecule has 0 N–H and O–H groups in total. The monoisotopic (exact) mass is 208 g/mol. The van der Waals surface area contributed by atoms with Crippen molar-refractivity contribution in [3.05, 3.63) is 48.0 Å². The molecule has 86 valence electrons. The van der Waals surface area contributed by atoms with Crippen molar-refractivity contribution in [2.75, 3.05) is 0 Å². The molecule has 15 heavy (non-hydrogen) atoms. The van der Waals surface area contributed by atoms with Crippen LogP contribution >= 0.6 is 0 Å². The summed E-state index contributed by atoms with van der Waals surface area (Å²) in [4.78, 5) is 0. The number of hydrogen-bond donors (Lipinski definition) is 0. The highest BCUT2D eigenvalue weighted by Gasteiger charge is 2.02. The summed E-state index contributed by atoms with van der Waals surface area (Å²) in [5, 5.41) is 0. The van der Waals surface area contributed by atoms with Crippen molar-refractivity contribution in [2.24, 2.45) is 0 Å². The zero-order valence-corrected chi connectivity index (χ0v) is 9.63. The largest absolute Gasteiger partial charge is 0.465 e. The highest BCUT2D eigenvalue weighted by molar-refractivity contribution is 5.30. The van der Waals surface area contributed by atoms with Crippen LogP contribution in [0.2, 0.25) is 0 Å². The van der Waals surface area contributed by atoms with E-state index in [1.807, 2.05) is 39.0 Å². The molecule has 0 aliphatic carbocycles. The minimum atomic E-state index is 0. The molecule has 1 heterocycles. The van der Waals surface area contributed by atoms with Crippen LogP contribution in [0.3, 0.4) is 0 Å². The van der Waals surface area contributed by atoms with Crippen molar-refractivity contribution in [2.45, 2.75) is 41.5 Å². The van der Waals surface area contributed by atoms with Crippen LogP contribution in [0.4, 0.5) is 0 Å². The molecule has 1 aliphatic heterocycles.